The van der Waals surface area contributed by atoms with Crippen molar-refractivity contribution < 1.29 is 14.7 Å². The normalized spacial score (nSPS) is 12.0. The van der Waals surface area contributed by atoms with Gasteiger partial charge in [-0.2, -0.15) is 4.99 Å². The zero-order valence-corrected chi connectivity index (χ0v) is 14.4. The van der Waals surface area contributed by atoms with E-state index in [4.69, 9.17) is 23.1 Å². The highest BCUT2D eigenvalue weighted by Crippen LogP contribution is 2.30. The van der Waals surface area contributed by atoms with Gasteiger partial charge in [0.2, 0.25) is 0 Å². The number of aromatic nitrogens is 1. The molecular formula is C16H18ClN5O3. The lowest BCUT2D eigenvalue weighted by Crippen LogP contribution is -2.44. The van der Waals surface area contributed by atoms with E-state index in [0.717, 1.165) is 0 Å². The Balaban J connectivity index is 2.48. The second-order valence-electron chi connectivity index (χ2n) is 5.76. The van der Waals surface area contributed by atoms with Gasteiger partial charge in [0.05, 0.1) is 5.02 Å². The predicted octanol–water partition coefficient (Wildman–Crippen LogP) is 1.63. The zero-order valence-electron chi connectivity index (χ0n) is 13.7. The summed E-state index contributed by atoms with van der Waals surface area (Å²) < 4.78 is 0. The molecule has 0 saturated carbocycles. The van der Waals surface area contributed by atoms with Crippen molar-refractivity contribution in [3.8, 4) is 0 Å². The lowest BCUT2D eigenvalue weighted by atomic mass is 10.0. The minimum Gasteiger partial charge on any atom is -0.480 e. The molecule has 1 amide bonds. The number of aliphatic imine (C=N–C) groups is 1. The Hall–Kier alpha value is -2.87. The molecule has 9 heteroatoms. The standard InChI is InChI=1S/C16H18ClN5O3/c1-7(2)12(15(24)25)21-14(23)8-3-4-9-10(5-8)13(22-16(18)19)20-6-11(9)17/h3-7,12H,1-2H3,(H,21,23)(H,24,25)(H4,18,19,20,22)/t12-/m0/s1. The first-order valence-corrected chi connectivity index (χ1v) is 7.80. The number of fused-ring (bicyclic) bond motifs is 1. The van der Waals surface area contributed by atoms with Crippen LogP contribution in [-0.4, -0.2) is 34.0 Å². The molecule has 0 bridgehead atoms. The minimum absolute atomic E-state index is 0.184. The van der Waals surface area contributed by atoms with Crippen molar-refractivity contribution in [3.05, 3.63) is 35.0 Å². The number of nitrogens with two attached hydrogens (primary N) is 2. The van der Waals surface area contributed by atoms with Crippen molar-refractivity contribution in [2.45, 2.75) is 19.9 Å². The summed E-state index contributed by atoms with van der Waals surface area (Å²) in [5, 5.41) is 13.2. The Labute approximate surface area is 148 Å². The van der Waals surface area contributed by atoms with Gasteiger partial charge in [-0.25, -0.2) is 9.78 Å². The fourth-order valence-electron chi connectivity index (χ4n) is 2.29. The number of pyridine rings is 1. The number of carbonyl (C=O) groups is 2. The molecule has 1 aromatic carbocycles. The van der Waals surface area contributed by atoms with Crippen LogP contribution in [0.4, 0.5) is 5.82 Å². The van der Waals surface area contributed by atoms with E-state index in [1.165, 1.54) is 12.3 Å². The number of nitrogens with one attached hydrogen (secondary N) is 1. The number of carboxylic acids is 1. The molecule has 0 fully saturated rings. The van der Waals surface area contributed by atoms with Crippen molar-refractivity contribution >= 4 is 46.0 Å². The van der Waals surface area contributed by atoms with Gasteiger partial charge in [0, 0.05) is 22.5 Å². The highest BCUT2D eigenvalue weighted by Gasteiger charge is 2.24. The molecule has 0 saturated heterocycles. The smallest absolute Gasteiger partial charge is 0.326 e. The van der Waals surface area contributed by atoms with Crippen molar-refractivity contribution in [1.29, 1.82) is 0 Å². The van der Waals surface area contributed by atoms with E-state index in [9.17, 15) is 14.7 Å². The first-order valence-electron chi connectivity index (χ1n) is 7.42. The number of aliphatic carboxylic acids is 1. The molecule has 1 heterocycles. The highest BCUT2D eigenvalue weighted by atomic mass is 35.5. The fraction of sp³-hybridized carbons (Fsp3) is 0.250. The molecule has 0 spiro atoms. The maximum absolute atomic E-state index is 12.4. The van der Waals surface area contributed by atoms with Gasteiger partial charge in [-0.15, -0.1) is 0 Å². The zero-order chi connectivity index (χ0) is 18.7. The Morgan fingerprint density at radius 3 is 2.52 bits per heavy atom. The Kier molecular flexibility index (Phi) is 5.43. The predicted molar refractivity (Wildman–Crippen MR) is 96.0 cm³/mol. The molecule has 8 nitrogen and oxygen atoms in total. The molecule has 25 heavy (non-hydrogen) atoms. The third-order valence-corrected chi connectivity index (χ3v) is 3.84. The summed E-state index contributed by atoms with van der Waals surface area (Å²) >= 11 is 6.11. The van der Waals surface area contributed by atoms with Crippen molar-refractivity contribution in [2.24, 2.45) is 22.4 Å². The van der Waals surface area contributed by atoms with Gasteiger partial charge in [0.1, 0.15) is 6.04 Å². The van der Waals surface area contributed by atoms with Crippen molar-refractivity contribution in [3.63, 3.8) is 0 Å². The number of benzene rings is 1. The Bertz CT molecular complexity index is 862. The number of halogens is 1. The van der Waals surface area contributed by atoms with Crippen molar-refractivity contribution in [1.82, 2.24) is 10.3 Å². The van der Waals surface area contributed by atoms with Gasteiger partial charge in [-0.3, -0.25) is 4.79 Å². The maximum atomic E-state index is 12.4. The van der Waals surface area contributed by atoms with Crippen LogP contribution in [0.25, 0.3) is 10.8 Å². The number of hydrogen-bond acceptors (Lipinski definition) is 4. The summed E-state index contributed by atoms with van der Waals surface area (Å²) in [7, 11) is 0. The summed E-state index contributed by atoms with van der Waals surface area (Å²) in [5.74, 6) is -1.87. The molecule has 1 aromatic heterocycles. The summed E-state index contributed by atoms with van der Waals surface area (Å²) in [5.41, 5.74) is 11.0. The summed E-state index contributed by atoms with van der Waals surface area (Å²) in [6, 6.07) is 3.69. The second-order valence-corrected chi connectivity index (χ2v) is 6.17. The van der Waals surface area contributed by atoms with E-state index in [1.54, 1.807) is 26.0 Å². The fourth-order valence-corrected chi connectivity index (χ4v) is 2.50. The number of rotatable bonds is 5. The largest absolute Gasteiger partial charge is 0.480 e. The quantitative estimate of drug-likeness (QED) is 0.469. The molecule has 0 radical (unpaired) electrons. The summed E-state index contributed by atoms with van der Waals surface area (Å²) in [6.45, 7) is 3.42. The van der Waals surface area contributed by atoms with Crippen molar-refractivity contribution in [2.75, 3.05) is 0 Å². The van der Waals surface area contributed by atoms with Crippen LogP contribution in [0, 0.1) is 5.92 Å². The number of guanidine groups is 1. The average molecular weight is 364 g/mol. The molecule has 2 aromatic rings. The Morgan fingerprint density at radius 2 is 1.96 bits per heavy atom. The van der Waals surface area contributed by atoms with E-state index < -0.39 is 17.9 Å². The van der Waals surface area contributed by atoms with E-state index in [2.05, 4.69) is 15.3 Å². The number of hydrogen-bond donors (Lipinski definition) is 4. The number of nitrogens with zero attached hydrogens (tertiary/aromatic N) is 2. The molecular weight excluding hydrogens is 346 g/mol. The third-order valence-electron chi connectivity index (χ3n) is 3.53. The maximum Gasteiger partial charge on any atom is 0.326 e. The molecule has 132 valence electrons. The first kappa shape index (κ1) is 18.5. The summed E-state index contributed by atoms with van der Waals surface area (Å²) in [4.78, 5) is 31.6. The van der Waals surface area contributed by atoms with Crippen LogP contribution in [-0.2, 0) is 4.79 Å². The van der Waals surface area contributed by atoms with Gasteiger partial charge in [0.15, 0.2) is 11.8 Å². The van der Waals surface area contributed by atoms with Crippen LogP contribution >= 0.6 is 11.6 Å². The van der Waals surface area contributed by atoms with E-state index in [1.807, 2.05) is 0 Å². The Morgan fingerprint density at radius 1 is 1.28 bits per heavy atom. The highest BCUT2D eigenvalue weighted by molar-refractivity contribution is 6.35. The van der Waals surface area contributed by atoms with E-state index in [-0.39, 0.29) is 23.3 Å². The lowest BCUT2D eigenvalue weighted by Gasteiger charge is -2.18. The molecule has 1 atom stereocenters. The van der Waals surface area contributed by atoms with Gasteiger partial charge >= 0.3 is 5.97 Å². The summed E-state index contributed by atoms with van der Waals surface area (Å²) in [6.07, 6.45) is 1.41. The lowest BCUT2D eigenvalue weighted by molar-refractivity contribution is -0.140. The van der Waals surface area contributed by atoms with Crippen LogP contribution in [0.15, 0.2) is 29.4 Å². The molecule has 6 N–H and O–H groups in total. The van der Waals surface area contributed by atoms with Gasteiger partial charge in [0.25, 0.3) is 5.91 Å². The molecule has 0 unspecified atom stereocenters. The number of amides is 1. The van der Waals surface area contributed by atoms with E-state index in [0.29, 0.717) is 15.8 Å². The number of carboxylic acid groups (broad SMARTS) is 1. The molecule has 0 aliphatic rings. The molecule has 2 rings (SSSR count). The second kappa shape index (κ2) is 7.35. The van der Waals surface area contributed by atoms with E-state index >= 15 is 0 Å². The minimum atomic E-state index is -1.10. The first-order chi connectivity index (χ1) is 11.7. The molecule has 0 aliphatic carbocycles. The van der Waals surface area contributed by atoms with Gasteiger partial charge in [-0.05, 0) is 18.1 Å². The van der Waals surface area contributed by atoms with Gasteiger partial charge in [-0.1, -0.05) is 31.5 Å². The van der Waals surface area contributed by atoms with Crippen LogP contribution in [0.2, 0.25) is 5.02 Å². The SMILES string of the molecule is CC(C)[C@H](NC(=O)c1ccc2c(Cl)cnc(N=C(N)N)c2c1)C(=O)O. The van der Waals surface area contributed by atoms with Gasteiger partial charge < -0.3 is 21.9 Å². The number of carbonyl (C=O) groups excluding carboxylic acids is 1. The van der Waals surface area contributed by atoms with Crippen LogP contribution in [0.3, 0.4) is 0 Å². The molecule has 0 aliphatic heterocycles. The topological polar surface area (TPSA) is 144 Å². The van der Waals surface area contributed by atoms with Crippen LogP contribution in [0.5, 0.6) is 0 Å². The average Bonchev–Trinajstić information content (AvgIpc) is 2.53. The third kappa shape index (κ3) is 4.16. The monoisotopic (exact) mass is 363 g/mol. The van der Waals surface area contributed by atoms with Crippen LogP contribution in [0.1, 0.15) is 24.2 Å². The van der Waals surface area contributed by atoms with Crippen LogP contribution < -0.4 is 16.8 Å².